The van der Waals surface area contributed by atoms with Crippen molar-refractivity contribution in [3.05, 3.63) is 70.0 Å². The van der Waals surface area contributed by atoms with Crippen molar-refractivity contribution in [3.8, 4) is 16.9 Å². The maximum Gasteiger partial charge on any atom is 0.416 e. The highest BCUT2D eigenvalue weighted by molar-refractivity contribution is 5.76. The number of carboxylic acid groups (broad SMARTS) is 1. The van der Waals surface area contributed by atoms with Gasteiger partial charge in [0.15, 0.2) is 0 Å². The molecule has 17 heteroatoms. The number of aromatic nitrogens is 2. The molecular formula is C33H30F8N4O5. The first-order chi connectivity index (χ1) is 23.3. The van der Waals surface area contributed by atoms with Crippen LogP contribution in [0.25, 0.3) is 11.1 Å². The van der Waals surface area contributed by atoms with Gasteiger partial charge in [0.25, 0.3) is 5.92 Å². The summed E-state index contributed by atoms with van der Waals surface area (Å²) >= 11 is 0. The number of hydrogen-bond donors (Lipinski definition) is 1. The average molecular weight is 715 g/mol. The summed E-state index contributed by atoms with van der Waals surface area (Å²) in [6.45, 7) is -0.00243. The van der Waals surface area contributed by atoms with Crippen LogP contribution < -0.4 is 9.64 Å². The summed E-state index contributed by atoms with van der Waals surface area (Å²) in [5, 5.41) is 9.44. The third kappa shape index (κ3) is 6.86. The smallest absolute Gasteiger partial charge is 0.416 e. The fourth-order valence-corrected chi connectivity index (χ4v) is 6.77. The molecule has 2 saturated heterocycles. The molecule has 0 saturated carbocycles. The number of amides is 1. The van der Waals surface area contributed by atoms with E-state index in [1.54, 1.807) is 12.1 Å². The van der Waals surface area contributed by atoms with Gasteiger partial charge < -0.3 is 24.4 Å². The number of rotatable bonds is 9. The second-order valence-corrected chi connectivity index (χ2v) is 12.7. The number of carbonyl (C=O) groups is 2. The lowest BCUT2D eigenvalue weighted by molar-refractivity contribution is -0.143. The number of halogens is 8. The number of cyclic esters (lactones) is 1. The van der Waals surface area contributed by atoms with E-state index in [0.717, 1.165) is 16.0 Å². The number of ether oxygens (including phenoxy) is 2. The molecule has 0 radical (unpaired) electrons. The number of carbonyl (C=O) groups excluding carboxylic acids is 1. The predicted molar refractivity (Wildman–Crippen MR) is 160 cm³/mol. The third-order valence-electron chi connectivity index (χ3n) is 9.28. The molecule has 1 N–H and O–H groups in total. The number of alkyl halides is 8. The quantitative estimate of drug-likeness (QED) is 0.231. The van der Waals surface area contributed by atoms with Crippen LogP contribution in [0.5, 0.6) is 5.75 Å². The van der Waals surface area contributed by atoms with Crippen LogP contribution in [0, 0.1) is 0 Å². The normalized spacial score (nSPS) is 21.6. The van der Waals surface area contributed by atoms with Crippen molar-refractivity contribution in [2.24, 2.45) is 0 Å². The predicted octanol–water partition coefficient (Wildman–Crippen LogP) is 7.27. The number of aliphatic carboxylic acids is 1. The van der Waals surface area contributed by atoms with Gasteiger partial charge in [0.2, 0.25) is 5.95 Å². The Morgan fingerprint density at radius 3 is 2.28 bits per heavy atom. The highest BCUT2D eigenvalue weighted by atomic mass is 19.4. The van der Waals surface area contributed by atoms with Gasteiger partial charge in [-0.05, 0) is 72.7 Å². The molecule has 1 aromatic heterocycles. The Balaban J connectivity index is 1.33. The first-order valence-electron chi connectivity index (χ1n) is 15.5. The van der Waals surface area contributed by atoms with Crippen molar-refractivity contribution in [3.63, 3.8) is 0 Å². The third-order valence-corrected chi connectivity index (χ3v) is 9.28. The van der Waals surface area contributed by atoms with E-state index in [1.807, 2.05) is 0 Å². The Hall–Kier alpha value is -4.70. The molecule has 3 aromatic rings. The molecule has 2 aliphatic heterocycles. The zero-order valence-corrected chi connectivity index (χ0v) is 26.5. The zero-order valence-electron chi connectivity index (χ0n) is 26.5. The zero-order chi connectivity index (χ0) is 36.3. The summed E-state index contributed by atoms with van der Waals surface area (Å²) in [5.74, 6) is -3.79. The van der Waals surface area contributed by atoms with Gasteiger partial charge in [-0.25, -0.2) is 23.5 Å². The first kappa shape index (κ1) is 35.1. The molecule has 0 spiro atoms. The number of aryl methyl sites for hydroxylation is 1. The highest BCUT2D eigenvalue weighted by Gasteiger charge is 2.46. The van der Waals surface area contributed by atoms with Crippen LogP contribution >= 0.6 is 0 Å². The van der Waals surface area contributed by atoms with E-state index >= 15 is 0 Å². The van der Waals surface area contributed by atoms with Crippen LogP contribution in [0.3, 0.4) is 0 Å². The van der Waals surface area contributed by atoms with Crippen LogP contribution in [0.15, 0.2) is 36.5 Å². The highest BCUT2D eigenvalue weighted by Crippen LogP contribution is 2.44. The molecule has 1 aliphatic carbocycles. The maximum atomic E-state index is 13.7. The molecule has 2 aromatic carbocycles. The molecule has 9 nitrogen and oxygen atoms in total. The Morgan fingerprint density at radius 2 is 1.70 bits per heavy atom. The molecule has 268 valence electrons. The van der Waals surface area contributed by atoms with Gasteiger partial charge in [-0.1, -0.05) is 0 Å². The Labute approximate surface area is 279 Å². The van der Waals surface area contributed by atoms with E-state index in [4.69, 9.17) is 9.47 Å². The molecule has 3 aliphatic rings. The van der Waals surface area contributed by atoms with E-state index in [1.165, 1.54) is 25.1 Å². The molecule has 6 rings (SSSR count). The first-order valence-corrected chi connectivity index (χ1v) is 15.5. The van der Waals surface area contributed by atoms with Gasteiger partial charge in [-0.2, -0.15) is 26.3 Å². The van der Waals surface area contributed by atoms with Crippen molar-refractivity contribution in [2.75, 3.05) is 31.6 Å². The number of anilines is 1. The minimum atomic E-state index is -5.10. The largest absolute Gasteiger partial charge is 0.496 e. The fraction of sp³-hybridized carbons (Fsp3) is 0.455. The average Bonchev–Trinajstić information content (AvgIpc) is 3.54. The van der Waals surface area contributed by atoms with Crippen molar-refractivity contribution < 1.29 is 59.3 Å². The molecule has 3 heterocycles. The number of nitrogens with zero attached hydrogens (tertiary/aromatic N) is 4. The van der Waals surface area contributed by atoms with Gasteiger partial charge >= 0.3 is 24.4 Å². The second kappa shape index (κ2) is 12.6. The number of hydrogen-bond acceptors (Lipinski definition) is 7. The van der Waals surface area contributed by atoms with E-state index in [2.05, 4.69) is 9.97 Å². The molecule has 3 unspecified atom stereocenters. The van der Waals surface area contributed by atoms with E-state index in [9.17, 15) is 49.8 Å². The van der Waals surface area contributed by atoms with Crippen LogP contribution in [0.4, 0.5) is 45.9 Å². The Kier molecular flexibility index (Phi) is 8.83. The lowest BCUT2D eigenvalue weighted by Crippen LogP contribution is -2.57. The Bertz CT molecular complexity index is 1790. The minimum absolute atomic E-state index is 0.0119. The van der Waals surface area contributed by atoms with E-state index in [0.29, 0.717) is 41.9 Å². The topological polar surface area (TPSA) is 105 Å². The lowest BCUT2D eigenvalue weighted by atomic mass is 9.93. The summed E-state index contributed by atoms with van der Waals surface area (Å²) in [7, 11) is 1.44. The number of benzene rings is 2. The molecule has 0 bridgehead atoms. The molecular weight excluding hydrogens is 684 g/mol. The van der Waals surface area contributed by atoms with Crippen molar-refractivity contribution in [1.82, 2.24) is 14.9 Å². The van der Waals surface area contributed by atoms with Crippen LogP contribution in [0.1, 0.15) is 65.3 Å². The van der Waals surface area contributed by atoms with Gasteiger partial charge in [-0.3, -0.25) is 4.79 Å². The van der Waals surface area contributed by atoms with E-state index < -0.39 is 72.3 Å². The maximum absolute atomic E-state index is 13.7. The van der Waals surface area contributed by atoms with Gasteiger partial charge in [0.05, 0.1) is 49.5 Å². The summed E-state index contributed by atoms with van der Waals surface area (Å²) in [6, 6.07) is 3.57. The van der Waals surface area contributed by atoms with Gasteiger partial charge in [0, 0.05) is 30.3 Å². The summed E-state index contributed by atoms with van der Waals surface area (Å²) in [4.78, 5) is 35.8. The molecule has 3 atom stereocenters. The van der Waals surface area contributed by atoms with Crippen molar-refractivity contribution >= 4 is 18.0 Å². The van der Waals surface area contributed by atoms with Crippen molar-refractivity contribution in [2.45, 2.75) is 68.9 Å². The summed E-state index contributed by atoms with van der Waals surface area (Å²) < 4.78 is 120. The molecule has 50 heavy (non-hydrogen) atoms. The fourth-order valence-electron chi connectivity index (χ4n) is 6.77. The van der Waals surface area contributed by atoms with Gasteiger partial charge in [-0.15, -0.1) is 0 Å². The van der Waals surface area contributed by atoms with Crippen molar-refractivity contribution in [1.29, 1.82) is 0 Å². The molecule has 1 amide bonds. The SMILES string of the molecule is COc1cc2c(cc1-c1cnc(N3CC(F)(F)C3)nc1CCN1C(=O)OC(c3cc(C(F)(F)F)cc(C(F)(F)F)c3)C1C)C(CC(=O)O)CC2. The lowest BCUT2D eigenvalue weighted by Gasteiger charge is -2.38. The monoisotopic (exact) mass is 714 g/mol. The number of methoxy groups -OCH3 is 1. The van der Waals surface area contributed by atoms with Gasteiger partial charge in [0.1, 0.15) is 11.9 Å². The standard InChI is InChI=1S/C33H30F8N4O5/c1-16-28(19-7-20(32(36,37)38)11-21(8-19)33(39,40)41)50-30(48)45(16)6-5-25-24(13-42-29(43-25)44-14-31(34,35)15-44)23-12-22-17(9-26(23)49-2)3-4-18(22)10-27(46)47/h7-9,11-13,16,18,28H,3-6,10,14-15H2,1-2H3,(H,46,47). The summed E-state index contributed by atoms with van der Waals surface area (Å²) in [6.07, 6.45) is -10.2. The van der Waals surface area contributed by atoms with E-state index in [-0.39, 0.29) is 43.0 Å². The number of fused-ring (bicyclic) bond motifs is 1. The molecule has 2 fully saturated rings. The van der Waals surface area contributed by atoms with Crippen LogP contribution in [-0.4, -0.2) is 70.7 Å². The van der Waals surface area contributed by atoms with Crippen LogP contribution in [-0.2, 0) is 34.7 Å². The number of carboxylic acids is 1. The van der Waals surface area contributed by atoms with Crippen LogP contribution in [0.2, 0.25) is 0 Å². The summed E-state index contributed by atoms with van der Waals surface area (Å²) in [5.41, 5.74) is -0.735. The Morgan fingerprint density at radius 1 is 1.04 bits per heavy atom. The second-order valence-electron chi connectivity index (χ2n) is 12.7. The minimum Gasteiger partial charge on any atom is -0.496 e.